The zero-order valence-electron chi connectivity index (χ0n) is 14.2. The molecule has 0 radical (unpaired) electrons. The number of aromatic nitrogens is 3. The Balaban J connectivity index is 1.87. The van der Waals surface area contributed by atoms with Crippen molar-refractivity contribution in [3.05, 3.63) is 63.0 Å². The minimum absolute atomic E-state index is 0.291. The van der Waals surface area contributed by atoms with Crippen LogP contribution in [0, 0.1) is 20.8 Å². The molecular formula is C20H15N3O2. The lowest BCUT2D eigenvalue weighted by molar-refractivity contribution is 0.570. The molecule has 5 rings (SSSR count). The molecule has 0 bridgehead atoms. The quantitative estimate of drug-likeness (QED) is 0.347. The summed E-state index contributed by atoms with van der Waals surface area (Å²) in [6.07, 6.45) is 0.792. The minimum atomic E-state index is -0.291. The molecule has 1 aliphatic carbocycles. The van der Waals surface area contributed by atoms with Gasteiger partial charge in [0.2, 0.25) is 0 Å². The first kappa shape index (κ1) is 14.3. The smallest absolute Gasteiger partial charge is 0.344 e. The first-order valence-electron chi connectivity index (χ1n) is 8.22. The van der Waals surface area contributed by atoms with Crippen LogP contribution in [0.2, 0.25) is 0 Å². The summed E-state index contributed by atoms with van der Waals surface area (Å²) in [5.41, 5.74) is 4.57. The largest absolute Gasteiger partial charge is 0.422 e. The summed E-state index contributed by atoms with van der Waals surface area (Å²) in [6, 6.07) is 8.03. The number of aryl methyl sites for hydroxylation is 3. The van der Waals surface area contributed by atoms with Gasteiger partial charge in [0.15, 0.2) is 5.82 Å². The predicted molar refractivity (Wildman–Crippen MR) is 95.8 cm³/mol. The number of hydrogen-bond donors (Lipinski definition) is 0. The van der Waals surface area contributed by atoms with Gasteiger partial charge in [-0.05, 0) is 62.1 Å². The zero-order valence-corrected chi connectivity index (χ0v) is 14.2. The van der Waals surface area contributed by atoms with E-state index in [0.29, 0.717) is 28.4 Å². The highest BCUT2D eigenvalue weighted by atomic mass is 16.4. The Bertz CT molecular complexity index is 1250. The average molecular weight is 329 g/mol. The molecule has 2 heterocycles. The third kappa shape index (κ3) is 2.02. The second-order valence-electron chi connectivity index (χ2n) is 6.67. The summed E-state index contributed by atoms with van der Waals surface area (Å²) in [7, 11) is 0. The third-order valence-electron chi connectivity index (χ3n) is 4.72. The Labute approximate surface area is 143 Å². The summed E-state index contributed by atoms with van der Waals surface area (Å²) in [4.78, 5) is 25.6. The van der Waals surface area contributed by atoms with Gasteiger partial charge < -0.3 is 4.42 Å². The second kappa shape index (κ2) is 4.72. The highest BCUT2D eigenvalue weighted by Gasteiger charge is 2.22. The Morgan fingerprint density at radius 1 is 0.880 bits per heavy atom. The van der Waals surface area contributed by atoms with E-state index in [4.69, 9.17) is 4.42 Å². The minimum Gasteiger partial charge on any atom is -0.422 e. The SMILES string of the molecule is Cc1cc2c3c(c1)c(=O)oc1cc(-c4nc(C)nc(C)n4)cc(c13)C2. The van der Waals surface area contributed by atoms with Crippen LogP contribution in [0.15, 0.2) is 33.5 Å². The van der Waals surface area contributed by atoms with Crippen molar-refractivity contribution in [2.24, 2.45) is 0 Å². The highest BCUT2D eigenvalue weighted by Crippen LogP contribution is 2.39. The maximum absolute atomic E-state index is 12.5. The van der Waals surface area contributed by atoms with Crippen molar-refractivity contribution in [2.45, 2.75) is 27.2 Å². The lowest BCUT2D eigenvalue weighted by Gasteiger charge is -2.06. The Morgan fingerprint density at radius 2 is 1.60 bits per heavy atom. The van der Waals surface area contributed by atoms with Crippen LogP contribution in [0.25, 0.3) is 33.1 Å². The van der Waals surface area contributed by atoms with Crippen molar-refractivity contribution in [1.82, 2.24) is 15.0 Å². The Morgan fingerprint density at radius 3 is 2.36 bits per heavy atom. The molecule has 0 atom stereocenters. The predicted octanol–water partition coefficient (Wildman–Crippen LogP) is 3.63. The fourth-order valence-electron chi connectivity index (χ4n) is 3.87. The third-order valence-corrected chi connectivity index (χ3v) is 4.72. The van der Waals surface area contributed by atoms with Gasteiger partial charge in [0, 0.05) is 16.3 Å². The van der Waals surface area contributed by atoms with Crippen LogP contribution in [-0.2, 0) is 6.42 Å². The molecule has 0 unspecified atom stereocenters. The first-order valence-corrected chi connectivity index (χ1v) is 8.22. The molecule has 0 saturated heterocycles. The lowest BCUT2D eigenvalue weighted by Crippen LogP contribution is -2.01. The van der Waals surface area contributed by atoms with Crippen molar-refractivity contribution in [1.29, 1.82) is 0 Å². The summed E-state index contributed by atoms with van der Waals surface area (Å²) < 4.78 is 5.64. The molecule has 25 heavy (non-hydrogen) atoms. The van der Waals surface area contributed by atoms with Gasteiger partial charge in [0.1, 0.15) is 17.2 Å². The average Bonchev–Trinajstić information content (AvgIpc) is 2.90. The molecule has 122 valence electrons. The molecular weight excluding hydrogens is 314 g/mol. The van der Waals surface area contributed by atoms with Gasteiger partial charge in [-0.15, -0.1) is 0 Å². The van der Waals surface area contributed by atoms with E-state index in [9.17, 15) is 4.79 Å². The summed E-state index contributed by atoms with van der Waals surface area (Å²) in [6.45, 7) is 5.70. The van der Waals surface area contributed by atoms with Crippen LogP contribution in [0.3, 0.4) is 0 Å². The highest BCUT2D eigenvalue weighted by molar-refractivity contribution is 6.11. The molecule has 0 N–H and O–H groups in total. The van der Waals surface area contributed by atoms with Crippen LogP contribution >= 0.6 is 0 Å². The molecule has 0 fully saturated rings. The standard InChI is InChI=1S/C20H15N3O2/c1-9-4-12-6-13-7-14(19-22-10(2)21-11(3)23-19)8-16-18(13)17(12)15(5-9)20(24)25-16/h4-5,7-8H,6H2,1-3H3. The van der Waals surface area contributed by atoms with E-state index in [1.54, 1.807) is 0 Å². The van der Waals surface area contributed by atoms with Crippen LogP contribution in [-0.4, -0.2) is 15.0 Å². The normalized spacial score (nSPS) is 12.6. The molecule has 0 amide bonds. The molecule has 2 aromatic carbocycles. The molecule has 5 heteroatoms. The van der Waals surface area contributed by atoms with Gasteiger partial charge in [-0.3, -0.25) is 0 Å². The van der Waals surface area contributed by atoms with Crippen molar-refractivity contribution in [3.8, 4) is 11.4 Å². The summed E-state index contributed by atoms with van der Waals surface area (Å²) in [5, 5.41) is 2.73. The van der Waals surface area contributed by atoms with E-state index in [1.165, 1.54) is 5.56 Å². The van der Waals surface area contributed by atoms with Crippen molar-refractivity contribution in [3.63, 3.8) is 0 Å². The number of hydrogen-bond acceptors (Lipinski definition) is 5. The number of benzene rings is 2. The molecule has 0 saturated carbocycles. The fraction of sp³-hybridized carbons (Fsp3) is 0.200. The second-order valence-corrected chi connectivity index (χ2v) is 6.67. The maximum Gasteiger partial charge on any atom is 0.344 e. The van der Waals surface area contributed by atoms with Gasteiger partial charge in [-0.25, -0.2) is 19.7 Å². The summed E-state index contributed by atoms with van der Waals surface area (Å²) >= 11 is 0. The molecule has 4 aromatic rings. The molecule has 0 spiro atoms. The van der Waals surface area contributed by atoms with Gasteiger partial charge in [0.05, 0.1) is 5.39 Å². The van der Waals surface area contributed by atoms with Crippen molar-refractivity contribution in [2.75, 3.05) is 0 Å². The fourth-order valence-corrected chi connectivity index (χ4v) is 3.87. The van der Waals surface area contributed by atoms with E-state index < -0.39 is 0 Å². The molecule has 2 aromatic heterocycles. The van der Waals surface area contributed by atoms with Crippen LogP contribution in [0.5, 0.6) is 0 Å². The number of rotatable bonds is 1. The van der Waals surface area contributed by atoms with Crippen LogP contribution in [0.1, 0.15) is 28.3 Å². The van der Waals surface area contributed by atoms with E-state index in [1.807, 2.05) is 32.9 Å². The van der Waals surface area contributed by atoms with Crippen LogP contribution < -0.4 is 5.63 Å². The zero-order chi connectivity index (χ0) is 17.3. The Kier molecular flexibility index (Phi) is 2.70. The van der Waals surface area contributed by atoms with E-state index in [0.717, 1.165) is 33.9 Å². The summed E-state index contributed by atoms with van der Waals surface area (Å²) in [5.74, 6) is 1.96. The van der Waals surface area contributed by atoms with Gasteiger partial charge >= 0.3 is 5.63 Å². The molecule has 0 aliphatic heterocycles. The monoisotopic (exact) mass is 329 g/mol. The first-order chi connectivity index (χ1) is 12.0. The van der Waals surface area contributed by atoms with Gasteiger partial charge in [-0.2, -0.15) is 0 Å². The van der Waals surface area contributed by atoms with E-state index in [-0.39, 0.29) is 5.63 Å². The van der Waals surface area contributed by atoms with E-state index in [2.05, 4.69) is 27.1 Å². The lowest BCUT2D eigenvalue weighted by atomic mass is 10.0. The molecule has 1 aliphatic rings. The van der Waals surface area contributed by atoms with Gasteiger partial charge in [-0.1, -0.05) is 6.07 Å². The Hall–Kier alpha value is -3.08. The molecule has 5 nitrogen and oxygen atoms in total. The maximum atomic E-state index is 12.5. The van der Waals surface area contributed by atoms with E-state index >= 15 is 0 Å². The topological polar surface area (TPSA) is 68.9 Å². The van der Waals surface area contributed by atoms with Crippen molar-refractivity contribution >= 4 is 21.7 Å². The number of nitrogens with zero attached hydrogens (tertiary/aromatic N) is 3. The van der Waals surface area contributed by atoms with Crippen LogP contribution in [0.4, 0.5) is 0 Å². The van der Waals surface area contributed by atoms with Gasteiger partial charge in [0.25, 0.3) is 0 Å². The van der Waals surface area contributed by atoms with Crippen molar-refractivity contribution < 1.29 is 4.42 Å².